The summed E-state index contributed by atoms with van der Waals surface area (Å²) in [6, 6.07) is 14.4. The van der Waals surface area contributed by atoms with Crippen LogP contribution in [0.25, 0.3) is 0 Å². The van der Waals surface area contributed by atoms with Crippen molar-refractivity contribution >= 4 is 43.9 Å². The molecule has 2 aromatic carbocycles. The van der Waals surface area contributed by atoms with Gasteiger partial charge in [-0.1, -0.05) is 24.3 Å². The van der Waals surface area contributed by atoms with Crippen LogP contribution < -0.4 is 14.4 Å². The molecular formula is C25H27N3O6S2. The van der Waals surface area contributed by atoms with E-state index in [4.69, 9.17) is 9.47 Å². The summed E-state index contributed by atoms with van der Waals surface area (Å²) in [5.74, 6) is -0.674. The Labute approximate surface area is 214 Å². The van der Waals surface area contributed by atoms with E-state index in [0.29, 0.717) is 29.3 Å². The second-order valence-electron chi connectivity index (χ2n) is 8.26. The molecule has 4 rings (SSSR count). The fourth-order valence-electron chi connectivity index (χ4n) is 4.03. The molecule has 1 aliphatic rings. The highest BCUT2D eigenvalue weighted by Gasteiger charge is 2.31. The number of ether oxygens (including phenoxy) is 2. The second kappa shape index (κ2) is 10.7. The summed E-state index contributed by atoms with van der Waals surface area (Å²) >= 11 is 1.31. The Morgan fingerprint density at radius 2 is 1.86 bits per heavy atom. The van der Waals surface area contributed by atoms with E-state index in [1.54, 1.807) is 42.5 Å². The molecule has 11 heteroatoms. The molecule has 190 valence electrons. The topological polar surface area (TPSA) is 105 Å². The summed E-state index contributed by atoms with van der Waals surface area (Å²) in [6.45, 7) is 0.922. The third-order valence-electron chi connectivity index (χ3n) is 5.85. The van der Waals surface area contributed by atoms with E-state index in [2.05, 4.69) is 10.2 Å². The molecule has 1 aromatic heterocycles. The lowest BCUT2D eigenvalue weighted by atomic mass is 10.0. The fraction of sp³-hybridized carbons (Fsp3) is 0.280. The largest absolute Gasteiger partial charge is 0.497 e. The van der Waals surface area contributed by atoms with Crippen LogP contribution in [0, 0.1) is 0 Å². The molecule has 0 saturated heterocycles. The van der Waals surface area contributed by atoms with E-state index in [1.165, 1.54) is 37.7 Å². The van der Waals surface area contributed by atoms with Crippen molar-refractivity contribution in [2.24, 2.45) is 0 Å². The van der Waals surface area contributed by atoms with E-state index >= 15 is 0 Å². The molecule has 9 nitrogen and oxygen atoms in total. The number of sulfonamides is 1. The number of fused-ring (bicyclic) bond motifs is 1. The zero-order valence-electron chi connectivity index (χ0n) is 20.2. The first-order valence-corrected chi connectivity index (χ1v) is 13.4. The number of thiophene rings is 1. The molecule has 0 atom stereocenters. The lowest BCUT2D eigenvalue weighted by molar-refractivity contribution is -0.114. The van der Waals surface area contributed by atoms with Crippen LogP contribution in [-0.2, 0) is 32.5 Å². The van der Waals surface area contributed by atoms with Gasteiger partial charge in [0.1, 0.15) is 17.3 Å². The van der Waals surface area contributed by atoms with Gasteiger partial charge in [-0.15, -0.1) is 11.3 Å². The number of likely N-dealkylation sites (N-methyl/N-ethyl adjacent to an activating group) is 1. The zero-order valence-corrected chi connectivity index (χ0v) is 21.8. The lowest BCUT2D eigenvalue weighted by Gasteiger charge is -2.24. The summed E-state index contributed by atoms with van der Waals surface area (Å²) < 4.78 is 38.4. The zero-order chi connectivity index (χ0) is 25.9. The van der Waals surface area contributed by atoms with Crippen molar-refractivity contribution in [2.75, 3.05) is 44.0 Å². The molecule has 0 bridgehead atoms. The van der Waals surface area contributed by atoms with Crippen molar-refractivity contribution in [3.63, 3.8) is 0 Å². The first-order chi connectivity index (χ1) is 17.2. The van der Waals surface area contributed by atoms with Crippen LogP contribution >= 0.6 is 11.3 Å². The van der Waals surface area contributed by atoms with Crippen molar-refractivity contribution in [3.8, 4) is 5.75 Å². The highest BCUT2D eigenvalue weighted by molar-refractivity contribution is 7.92. The number of hydrogen-bond donors (Lipinski definition) is 1. The molecule has 2 heterocycles. The van der Waals surface area contributed by atoms with E-state index in [0.717, 1.165) is 21.3 Å². The smallest absolute Gasteiger partial charge is 0.341 e. The fourth-order valence-corrected chi connectivity index (χ4v) is 6.80. The number of benzene rings is 2. The average Bonchev–Trinajstić information content (AvgIpc) is 3.23. The molecule has 36 heavy (non-hydrogen) atoms. The lowest BCUT2D eigenvalue weighted by Crippen LogP contribution is -2.38. The summed E-state index contributed by atoms with van der Waals surface area (Å²) in [5, 5.41) is 3.13. The van der Waals surface area contributed by atoms with Crippen LogP contribution in [0.5, 0.6) is 5.75 Å². The molecule has 0 spiro atoms. The summed E-state index contributed by atoms with van der Waals surface area (Å²) in [6.07, 6.45) is 0.654. The van der Waals surface area contributed by atoms with Gasteiger partial charge in [-0.05, 0) is 43.3 Å². The molecule has 1 aliphatic heterocycles. The maximum absolute atomic E-state index is 13.6. The van der Waals surface area contributed by atoms with Gasteiger partial charge in [0.25, 0.3) is 10.0 Å². The van der Waals surface area contributed by atoms with Gasteiger partial charge in [0, 0.05) is 24.0 Å². The van der Waals surface area contributed by atoms with Gasteiger partial charge in [0.05, 0.1) is 30.4 Å². The maximum atomic E-state index is 13.6. The van der Waals surface area contributed by atoms with Gasteiger partial charge >= 0.3 is 5.97 Å². The number of nitrogens with zero attached hydrogens (tertiary/aromatic N) is 2. The number of carbonyl (C=O) groups excluding carboxylic acids is 2. The Balaban J connectivity index is 1.69. The van der Waals surface area contributed by atoms with Gasteiger partial charge < -0.3 is 19.7 Å². The van der Waals surface area contributed by atoms with E-state index in [1.807, 2.05) is 7.05 Å². The van der Waals surface area contributed by atoms with Gasteiger partial charge in [-0.3, -0.25) is 9.10 Å². The first-order valence-electron chi connectivity index (χ1n) is 11.2. The van der Waals surface area contributed by atoms with Crippen molar-refractivity contribution < 1.29 is 27.5 Å². The van der Waals surface area contributed by atoms with Crippen molar-refractivity contribution in [1.29, 1.82) is 0 Å². The maximum Gasteiger partial charge on any atom is 0.341 e. The number of nitrogens with one attached hydrogen (secondary N) is 1. The van der Waals surface area contributed by atoms with Crippen LogP contribution in [0.3, 0.4) is 0 Å². The standard InChI is InChI=1S/C25H27N3O6S2/c1-27-13-12-20-21(15-27)35-24(23(20)25(30)34-3)26-22(29)16-28(17-8-7-9-18(14-17)33-2)36(31,32)19-10-5-4-6-11-19/h4-11,14H,12-13,15-16H2,1-3H3,(H,26,29). The average molecular weight is 530 g/mol. The van der Waals surface area contributed by atoms with Crippen LogP contribution in [0.15, 0.2) is 59.5 Å². The van der Waals surface area contributed by atoms with Crippen molar-refractivity contribution in [1.82, 2.24) is 4.90 Å². The molecule has 1 N–H and O–H groups in total. The van der Waals surface area contributed by atoms with E-state index in [9.17, 15) is 18.0 Å². The number of methoxy groups -OCH3 is 2. The molecule has 0 aliphatic carbocycles. The highest BCUT2D eigenvalue weighted by Crippen LogP contribution is 2.37. The number of rotatable bonds is 8. The van der Waals surface area contributed by atoms with Crippen LogP contribution in [-0.4, -0.2) is 59.6 Å². The molecule has 1 amide bonds. The van der Waals surface area contributed by atoms with Gasteiger partial charge in [0.2, 0.25) is 5.91 Å². The number of carbonyl (C=O) groups is 2. The summed E-state index contributed by atoms with van der Waals surface area (Å²) in [4.78, 5) is 29.0. The van der Waals surface area contributed by atoms with Gasteiger partial charge in [0.15, 0.2) is 0 Å². The van der Waals surface area contributed by atoms with Crippen molar-refractivity contribution in [3.05, 3.63) is 70.6 Å². The second-order valence-corrected chi connectivity index (χ2v) is 11.2. The predicted octanol–water partition coefficient (Wildman–Crippen LogP) is 3.37. The Hall–Kier alpha value is -3.41. The Bertz CT molecular complexity index is 1370. The SMILES string of the molecule is COC(=O)c1c(NC(=O)CN(c2cccc(OC)c2)S(=O)(=O)c2ccccc2)sc2c1CCN(C)C2. The van der Waals surface area contributed by atoms with Crippen LogP contribution in [0.1, 0.15) is 20.8 Å². The number of amides is 1. The minimum absolute atomic E-state index is 0.0468. The third-order valence-corrected chi connectivity index (χ3v) is 8.77. The quantitative estimate of drug-likeness (QED) is 0.446. The molecule has 3 aromatic rings. The highest BCUT2D eigenvalue weighted by atomic mass is 32.2. The van der Waals surface area contributed by atoms with Crippen LogP contribution in [0.4, 0.5) is 10.7 Å². The van der Waals surface area contributed by atoms with Gasteiger partial charge in [-0.25, -0.2) is 13.2 Å². The summed E-state index contributed by atoms with van der Waals surface area (Å²) in [7, 11) is 0.674. The Morgan fingerprint density at radius 3 is 2.56 bits per heavy atom. The molecule has 0 unspecified atom stereocenters. The third kappa shape index (κ3) is 5.23. The normalized spacial score (nSPS) is 13.5. The summed E-state index contributed by atoms with van der Waals surface area (Å²) in [5.41, 5.74) is 1.47. The molecular weight excluding hydrogens is 502 g/mol. The number of hydrogen-bond acceptors (Lipinski definition) is 8. The molecule has 0 radical (unpaired) electrons. The molecule has 0 fully saturated rings. The first kappa shape index (κ1) is 25.7. The number of esters is 1. The minimum Gasteiger partial charge on any atom is -0.497 e. The minimum atomic E-state index is -4.09. The Morgan fingerprint density at radius 1 is 1.11 bits per heavy atom. The predicted molar refractivity (Wildman–Crippen MR) is 138 cm³/mol. The van der Waals surface area contributed by atoms with Crippen molar-refractivity contribution in [2.45, 2.75) is 17.9 Å². The number of anilines is 2. The van der Waals surface area contributed by atoms with Crippen LogP contribution in [0.2, 0.25) is 0 Å². The van der Waals surface area contributed by atoms with E-state index < -0.39 is 28.4 Å². The monoisotopic (exact) mass is 529 g/mol. The molecule has 0 saturated carbocycles. The Kier molecular flexibility index (Phi) is 7.62. The van der Waals surface area contributed by atoms with Gasteiger partial charge in [-0.2, -0.15) is 0 Å². The van der Waals surface area contributed by atoms with E-state index in [-0.39, 0.29) is 10.6 Å².